The van der Waals surface area contributed by atoms with Gasteiger partial charge in [0.15, 0.2) is 6.29 Å². The summed E-state index contributed by atoms with van der Waals surface area (Å²) in [6.07, 6.45) is 0.884. The lowest BCUT2D eigenvalue weighted by Gasteiger charge is -2.09. The van der Waals surface area contributed by atoms with Gasteiger partial charge in [-0.1, -0.05) is 78.9 Å². The quantitative estimate of drug-likeness (QED) is 0.494. The fourth-order valence-corrected chi connectivity index (χ4v) is 2.97. The molecule has 3 aromatic carbocycles. The van der Waals surface area contributed by atoms with Crippen molar-refractivity contribution in [3.63, 3.8) is 0 Å². The van der Waals surface area contributed by atoms with Crippen LogP contribution in [0.15, 0.2) is 91.0 Å². The van der Waals surface area contributed by atoms with E-state index in [0.717, 1.165) is 28.9 Å². The molecule has 4 aromatic rings. The molecule has 0 aliphatic carbocycles. The van der Waals surface area contributed by atoms with E-state index in [1.165, 1.54) is 0 Å². The molecule has 25 heavy (non-hydrogen) atoms. The summed E-state index contributed by atoms with van der Waals surface area (Å²) in [5.41, 5.74) is 4.06. The second-order valence-electron chi connectivity index (χ2n) is 5.69. The van der Waals surface area contributed by atoms with E-state index in [0.29, 0.717) is 11.4 Å². The first-order chi connectivity index (χ1) is 12.4. The fraction of sp³-hybridized carbons (Fsp3) is 0. The summed E-state index contributed by atoms with van der Waals surface area (Å²) in [7, 11) is 0. The molecule has 0 spiro atoms. The lowest BCUT2D eigenvalue weighted by molar-refractivity contribution is 0.111. The molecular formula is C22H16N2O. The Morgan fingerprint density at radius 2 is 1.20 bits per heavy atom. The molecule has 0 unspecified atom stereocenters. The van der Waals surface area contributed by atoms with Crippen molar-refractivity contribution >= 4 is 6.29 Å². The Hall–Kier alpha value is -3.46. The van der Waals surface area contributed by atoms with Crippen molar-refractivity contribution in [2.75, 3.05) is 0 Å². The highest BCUT2D eigenvalue weighted by atomic mass is 16.1. The highest BCUT2D eigenvalue weighted by Crippen LogP contribution is 2.31. The summed E-state index contributed by atoms with van der Waals surface area (Å²) >= 11 is 0. The smallest absolute Gasteiger partial charge is 0.169 e. The van der Waals surface area contributed by atoms with Gasteiger partial charge in [0.1, 0.15) is 17.2 Å². The monoisotopic (exact) mass is 324 g/mol. The first-order valence-electron chi connectivity index (χ1n) is 8.12. The van der Waals surface area contributed by atoms with Crippen molar-refractivity contribution in [2.45, 2.75) is 0 Å². The summed E-state index contributed by atoms with van der Waals surface area (Å²) < 4.78 is 1.92. The number of aromatic nitrogens is 2. The molecule has 0 saturated carbocycles. The number of benzene rings is 3. The van der Waals surface area contributed by atoms with Crippen LogP contribution in [-0.2, 0) is 0 Å². The third kappa shape index (κ3) is 2.76. The minimum atomic E-state index is 0.552. The first-order valence-corrected chi connectivity index (χ1v) is 8.12. The molecule has 0 atom stereocenters. The zero-order chi connectivity index (χ0) is 17.1. The van der Waals surface area contributed by atoms with Gasteiger partial charge in [0.2, 0.25) is 0 Å². The zero-order valence-corrected chi connectivity index (χ0v) is 13.5. The third-order valence-electron chi connectivity index (χ3n) is 4.12. The Labute approximate surface area is 146 Å². The SMILES string of the molecule is O=Cc1c(-c2ccccc2)nc(-c2ccccc2)n1-c1ccccc1. The highest BCUT2D eigenvalue weighted by molar-refractivity contribution is 5.87. The Kier molecular flexibility index (Phi) is 3.97. The summed E-state index contributed by atoms with van der Waals surface area (Å²) in [6, 6.07) is 29.6. The average molecular weight is 324 g/mol. The zero-order valence-electron chi connectivity index (χ0n) is 13.5. The predicted molar refractivity (Wildman–Crippen MR) is 99.8 cm³/mol. The number of nitrogens with zero attached hydrogens (tertiary/aromatic N) is 2. The van der Waals surface area contributed by atoms with Crippen LogP contribution in [-0.4, -0.2) is 15.8 Å². The van der Waals surface area contributed by atoms with Crippen LogP contribution in [0.3, 0.4) is 0 Å². The minimum Gasteiger partial charge on any atom is -0.296 e. The molecule has 0 fully saturated rings. The van der Waals surface area contributed by atoms with E-state index in [1.807, 2.05) is 95.6 Å². The molecule has 0 saturated heterocycles. The third-order valence-corrected chi connectivity index (χ3v) is 4.12. The molecule has 3 nitrogen and oxygen atoms in total. The lowest BCUT2D eigenvalue weighted by atomic mass is 10.1. The second kappa shape index (κ2) is 6.57. The minimum absolute atomic E-state index is 0.552. The van der Waals surface area contributed by atoms with Crippen molar-refractivity contribution in [2.24, 2.45) is 0 Å². The highest BCUT2D eigenvalue weighted by Gasteiger charge is 2.20. The molecule has 0 N–H and O–H groups in total. The molecule has 1 aromatic heterocycles. The van der Waals surface area contributed by atoms with Gasteiger partial charge in [-0.05, 0) is 12.1 Å². The van der Waals surface area contributed by atoms with Gasteiger partial charge in [0, 0.05) is 16.8 Å². The van der Waals surface area contributed by atoms with Gasteiger partial charge in [-0.25, -0.2) is 4.98 Å². The van der Waals surface area contributed by atoms with Gasteiger partial charge >= 0.3 is 0 Å². The summed E-state index contributed by atoms with van der Waals surface area (Å²) in [5.74, 6) is 0.757. The van der Waals surface area contributed by atoms with Crippen molar-refractivity contribution in [1.82, 2.24) is 9.55 Å². The van der Waals surface area contributed by atoms with Crippen molar-refractivity contribution in [1.29, 1.82) is 0 Å². The van der Waals surface area contributed by atoms with Gasteiger partial charge in [-0.2, -0.15) is 0 Å². The average Bonchev–Trinajstić information content (AvgIpc) is 3.09. The van der Waals surface area contributed by atoms with Crippen LogP contribution >= 0.6 is 0 Å². The number of carbonyl (C=O) groups excluding carboxylic acids is 1. The second-order valence-corrected chi connectivity index (χ2v) is 5.69. The number of aldehydes is 1. The predicted octanol–water partition coefficient (Wildman–Crippen LogP) is 5.02. The van der Waals surface area contributed by atoms with Gasteiger partial charge < -0.3 is 0 Å². The summed E-state index contributed by atoms with van der Waals surface area (Å²) in [4.78, 5) is 16.8. The molecule has 4 rings (SSSR count). The van der Waals surface area contributed by atoms with Crippen LogP contribution in [0.4, 0.5) is 0 Å². The van der Waals surface area contributed by atoms with Crippen molar-refractivity contribution in [3.8, 4) is 28.3 Å². The van der Waals surface area contributed by atoms with Gasteiger partial charge in [-0.3, -0.25) is 9.36 Å². The molecule has 1 heterocycles. The Balaban J connectivity index is 2.03. The van der Waals surface area contributed by atoms with Gasteiger partial charge in [0.25, 0.3) is 0 Å². The molecule has 0 amide bonds. The Morgan fingerprint density at radius 1 is 0.680 bits per heavy atom. The van der Waals surface area contributed by atoms with Crippen molar-refractivity contribution in [3.05, 3.63) is 96.7 Å². The molecule has 120 valence electrons. The fourth-order valence-electron chi connectivity index (χ4n) is 2.97. The normalized spacial score (nSPS) is 10.6. The van der Waals surface area contributed by atoms with E-state index < -0.39 is 0 Å². The van der Waals surface area contributed by atoms with E-state index in [9.17, 15) is 4.79 Å². The van der Waals surface area contributed by atoms with Crippen LogP contribution < -0.4 is 0 Å². The molecule has 0 bridgehead atoms. The molecule has 3 heteroatoms. The summed E-state index contributed by atoms with van der Waals surface area (Å²) in [5, 5.41) is 0. The van der Waals surface area contributed by atoms with E-state index >= 15 is 0 Å². The number of carbonyl (C=O) groups is 1. The lowest BCUT2D eigenvalue weighted by Crippen LogP contribution is -2.02. The van der Waals surface area contributed by atoms with Crippen LogP contribution in [0.2, 0.25) is 0 Å². The Morgan fingerprint density at radius 3 is 1.76 bits per heavy atom. The maximum atomic E-state index is 12.0. The standard InChI is InChI=1S/C22H16N2O/c25-16-20-21(17-10-4-1-5-11-17)23-22(18-12-6-2-7-13-18)24(20)19-14-8-3-9-15-19/h1-16H. The number of rotatable bonds is 4. The molecule has 0 aliphatic heterocycles. The van der Waals surface area contributed by atoms with Crippen LogP contribution in [0.5, 0.6) is 0 Å². The van der Waals surface area contributed by atoms with E-state index in [1.54, 1.807) is 0 Å². The number of hydrogen-bond donors (Lipinski definition) is 0. The van der Waals surface area contributed by atoms with Gasteiger partial charge in [-0.15, -0.1) is 0 Å². The number of para-hydroxylation sites is 1. The molecule has 0 aliphatic rings. The van der Waals surface area contributed by atoms with Crippen LogP contribution in [0.25, 0.3) is 28.3 Å². The maximum Gasteiger partial charge on any atom is 0.169 e. The molecule has 0 radical (unpaired) electrons. The topological polar surface area (TPSA) is 34.9 Å². The van der Waals surface area contributed by atoms with E-state index in [4.69, 9.17) is 4.98 Å². The largest absolute Gasteiger partial charge is 0.296 e. The molecular weight excluding hydrogens is 308 g/mol. The van der Waals surface area contributed by atoms with Gasteiger partial charge in [0.05, 0.1) is 0 Å². The van der Waals surface area contributed by atoms with Crippen LogP contribution in [0.1, 0.15) is 10.5 Å². The summed E-state index contributed by atoms with van der Waals surface area (Å²) in [6.45, 7) is 0. The van der Waals surface area contributed by atoms with Crippen LogP contribution in [0, 0.1) is 0 Å². The maximum absolute atomic E-state index is 12.0. The van der Waals surface area contributed by atoms with E-state index in [-0.39, 0.29) is 0 Å². The first kappa shape index (κ1) is 15.1. The van der Waals surface area contributed by atoms with Crippen molar-refractivity contribution < 1.29 is 4.79 Å². The Bertz CT molecular complexity index is 990. The van der Waals surface area contributed by atoms with E-state index in [2.05, 4.69) is 0 Å². The number of imidazole rings is 1. The number of hydrogen-bond acceptors (Lipinski definition) is 2.